The molecule has 5 nitrogen and oxygen atoms in total. The lowest BCUT2D eigenvalue weighted by molar-refractivity contribution is 0.102. The topological polar surface area (TPSA) is 66.5 Å². The Morgan fingerprint density at radius 2 is 1.77 bits per heavy atom. The summed E-state index contributed by atoms with van der Waals surface area (Å²) in [6, 6.07) is 12.7. The van der Waals surface area contributed by atoms with Crippen molar-refractivity contribution in [3.8, 4) is 0 Å². The highest BCUT2D eigenvalue weighted by Gasteiger charge is 2.18. The van der Waals surface area contributed by atoms with Crippen molar-refractivity contribution in [3.05, 3.63) is 59.1 Å². The van der Waals surface area contributed by atoms with Crippen LogP contribution in [0.15, 0.2) is 53.4 Å². The summed E-state index contributed by atoms with van der Waals surface area (Å²) in [4.78, 5) is 12.3. The summed E-state index contributed by atoms with van der Waals surface area (Å²) in [5, 5.41) is 2.97. The Hall–Kier alpha value is -1.89. The fourth-order valence-corrected chi connectivity index (χ4v) is 2.96. The average molecular weight is 339 g/mol. The van der Waals surface area contributed by atoms with Crippen LogP contribution in [0.4, 0.5) is 5.69 Å². The van der Waals surface area contributed by atoms with E-state index in [9.17, 15) is 13.2 Å². The number of halogens is 1. The second-order valence-corrected chi connectivity index (χ2v) is 7.31. The predicted octanol–water partition coefficient (Wildman–Crippen LogP) is 2.84. The van der Waals surface area contributed by atoms with Crippen molar-refractivity contribution < 1.29 is 13.2 Å². The Kier molecular flexibility index (Phi) is 4.85. The molecule has 2 rings (SSSR count). The fraction of sp³-hybridized carbons (Fsp3) is 0.133. The van der Waals surface area contributed by atoms with Crippen LogP contribution in [0.3, 0.4) is 0 Å². The summed E-state index contributed by atoms with van der Waals surface area (Å²) in [5.74, 6) is -0.398. The maximum Gasteiger partial charge on any atom is 0.257 e. The molecule has 0 bridgehead atoms. The number of anilines is 1. The molecule has 0 aliphatic carbocycles. The van der Waals surface area contributed by atoms with E-state index in [1.165, 1.54) is 26.2 Å². The zero-order valence-corrected chi connectivity index (χ0v) is 13.6. The monoisotopic (exact) mass is 338 g/mol. The molecule has 0 aliphatic rings. The number of nitrogens with one attached hydrogen (secondary N) is 1. The molecule has 2 aromatic carbocycles. The zero-order valence-electron chi connectivity index (χ0n) is 12.1. The zero-order chi connectivity index (χ0) is 16.3. The first-order chi connectivity index (χ1) is 10.3. The molecule has 0 saturated carbocycles. The van der Waals surface area contributed by atoms with Gasteiger partial charge in [0, 0.05) is 19.8 Å². The van der Waals surface area contributed by atoms with Gasteiger partial charge in [-0.05, 0) is 30.3 Å². The number of carbonyl (C=O) groups is 1. The Bertz CT molecular complexity index is 804. The number of nitrogens with zero attached hydrogens (tertiary/aromatic N) is 1. The molecule has 0 aliphatic heterocycles. The van der Waals surface area contributed by atoms with E-state index in [0.717, 1.165) is 4.31 Å². The van der Waals surface area contributed by atoms with Crippen LogP contribution in [0, 0.1) is 0 Å². The summed E-state index contributed by atoms with van der Waals surface area (Å²) >= 11 is 5.97. The van der Waals surface area contributed by atoms with Crippen LogP contribution in [0.5, 0.6) is 0 Å². The van der Waals surface area contributed by atoms with Crippen LogP contribution >= 0.6 is 11.6 Å². The molecule has 7 heteroatoms. The molecule has 1 amide bonds. The molecule has 0 heterocycles. The van der Waals surface area contributed by atoms with Crippen LogP contribution in [-0.4, -0.2) is 32.7 Å². The first kappa shape index (κ1) is 16.5. The fourth-order valence-electron chi connectivity index (χ4n) is 1.79. The highest BCUT2D eigenvalue weighted by Crippen LogP contribution is 2.20. The standard InChI is InChI=1S/C15H15ClN2O3S/c1-18(2)22(20,21)12-7-5-6-11(10-12)17-15(19)13-8-3-4-9-14(13)16/h3-10H,1-2H3,(H,17,19). The third-order valence-corrected chi connectivity index (χ3v) is 5.13. The Balaban J connectivity index is 2.29. The van der Waals surface area contributed by atoms with Crippen molar-refractivity contribution in [3.63, 3.8) is 0 Å². The summed E-state index contributed by atoms with van der Waals surface area (Å²) in [6.07, 6.45) is 0. The second-order valence-electron chi connectivity index (χ2n) is 4.75. The molecule has 22 heavy (non-hydrogen) atoms. The lowest BCUT2D eigenvalue weighted by Gasteiger charge is -2.13. The van der Waals surface area contributed by atoms with E-state index in [1.54, 1.807) is 36.4 Å². The molecule has 0 unspecified atom stereocenters. The van der Waals surface area contributed by atoms with Gasteiger partial charge in [-0.15, -0.1) is 0 Å². The van der Waals surface area contributed by atoms with E-state index in [2.05, 4.69) is 5.32 Å². The first-order valence-corrected chi connectivity index (χ1v) is 8.22. The van der Waals surface area contributed by atoms with E-state index in [0.29, 0.717) is 16.3 Å². The summed E-state index contributed by atoms with van der Waals surface area (Å²) < 4.78 is 25.3. The Morgan fingerprint density at radius 3 is 2.41 bits per heavy atom. The van der Waals surface area contributed by atoms with Gasteiger partial charge in [-0.3, -0.25) is 4.79 Å². The molecule has 116 valence electrons. The van der Waals surface area contributed by atoms with Gasteiger partial charge >= 0.3 is 0 Å². The largest absolute Gasteiger partial charge is 0.322 e. The molecular formula is C15H15ClN2O3S. The average Bonchev–Trinajstić information content (AvgIpc) is 2.47. The SMILES string of the molecule is CN(C)S(=O)(=O)c1cccc(NC(=O)c2ccccc2Cl)c1. The van der Waals surface area contributed by atoms with Crippen LogP contribution in [0.1, 0.15) is 10.4 Å². The van der Waals surface area contributed by atoms with Crippen molar-refractivity contribution in [2.45, 2.75) is 4.90 Å². The van der Waals surface area contributed by atoms with Crippen LogP contribution in [0.2, 0.25) is 5.02 Å². The van der Waals surface area contributed by atoms with E-state index >= 15 is 0 Å². The highest BCUT2D eigenvalue weighted by molar-refractivity contribution is 7.89. The summed E-state index contributed by atoms with van der Waals surface area (Å²) in [7, 11) is -0.655. The smallest absolute Gasteiger partial charge is 0.257 e. The number of rotatable bonds is 4. The van der Waals surface area contributed by atoms with Gasteiger partial charge in [0.2, 0.25) is 10.0 Å². The normalized spacial score (nSPS) is 11.5. The Labute approximate surface area is 134 Å². The lowest BCUT2D eigenvalue weighted by Crippen LogP contribution is -2.22. The van der Waals surface area contributed by atoms with Crippen LogP contribution in [0.25, 0.3) is 0 Å². The van der Waals surface area contributed by atoms with Gasteiger partial charge in [0.1, 0.15) is 0 Å². The van der Waals surface area contributed by atoms with E-state index < -0.39 is 15.9 Å². The Morgan fingerprint density at radius 1 is 1.09 bits per heavy atom. The molecule has 0 aromatic heterocycles. The maximum atomic E-state index is 12.2. The van der Waals surface area contributed by atoms with Crippen LogP contribution < -0.4 is 5.32 Å². The first-order valence-electron chi connectivity index (χ1n) is 6.41. The quantitative estimate of drug-likeness (QED) is 0.932. The van der Waals surface area contributed by atoms with Gasteiger partial charge < -0.3 is 5.32 Å². The van der Waals surface area contributed by atoms with Gasteiger partial charge in [-0.2, -0.15) is 0 Å². The number of hydrogen-bond donors (Lipinski definition) is 1. The van der Waals surface area contributed by atoms with Crippen LogP contribution in [-0.2, 0) is 10.0 Å². The van der Waals surface area contributed by atoms with Gasteiger partial charge in [-0.1, -0.05) is 29.8 Å². The summed E-state index contributed by atoms with van der Waals surface area (Å²) in [5.41, 5.74) is 0.706. The lowest BCUT2D eigenvalue weighted by atomic mass is 10.2. The number of benzene rings is 2. The van der Waals surface area contributed by atoms with Crippen molar-refractivity contribution in [2.75, 3.05) is 19.4 Å². The van der Waals surface area contributed by atoms with Gasteiger partial charge in [-0.25, -0.2) is 12.7 Å². The molecule has 1 N–H and O–H groups in total. The van der Waals surface area contributed by atoms with Gasteiger partial charge in [0.15, 0.2) is 0 Å². The molecule has 2 aromatic rings. The molecule has 0 saturated heterocycles. The number of sulfonamides is 1. The molecular weight excluding hydrogens is 324 g/mol. The van der Waals surface area contributed by atoms with E-state index in [1.807, 2.05) is 0 Å². The van der Waals surface area contributed by atoms with Gasteiger partial charge in [0.25, 0.3) is 5.91 Å². The number of amides is 1. The minimum Gasteiger partial charge on any atom is -0.322 e. The highest BCUT2D eigenvalue weighted by atomic mass is 35.5. The van der Waals surface area contributed by atoms with Crippen molar-refractivity contribution in [1.29, 1.82) is 0 Å². The third-order valence-electron chi connectivity index (χ3n) is 2.99. The molecule has 0 fully saturated rings. The molecule has 0 atom stereocenters. The minimum atomic E-state index is -3.55. The van der Waals surface area contributed by atoms with Crippen molar-refractivity contribution in [2.24, 2.45) is 0 Å². The number of hydrogen-bond acceptors (Lipinski definition) is 3. The van der Waals surface area contributed by atoms with Crippen molar-refractivity contribution >= 4 is 33.2 Å². The van der Waals surface area contributed by atoms with Gasteiger partial charge in [0.05, 0.1) is 15.5 Å². The predicted molar refractivity (Wildman–Crippen MR) is 86.7 cm³/mol. The minimum absolute atomic E-state index is 0.106. The number of carbonyl (C=O) groups excluding carboxylic acids is 1. The third kappa shape index (κ3) is 3.47. The summed E-state index contributed by atoms with van der Waals surface area (Å²) in [6.45, 7) is 0. The second kappa shape index (κ2) is 6.48. The maximum absolute atomic E-state index is 12.2. The molecule has 0 spiro atoms. The van der Waals surface area contributed by atoms with Crippen molar-refractivity contribution in [1.82, 2.24) is 4.31 Å². The molecule has 0 radical (unpaired) electrons. The van der Waals surface area contributed by atoms with E-state index in [4.69, 9.17) is 11.6 Å². The van der Waals surface area contributed by atoms with E-state index in [-0.39, 0.29) is 4.90 Å².